The van der Waals surface area contributed by atoms with Gasteiger partial charge in [-0.25, -0.2) is 14.4 Å². The van der Waals surface area contributed by atoms with Crippen molar-refractivity contribution in [2.75, 3.05) is 6.61 Å². The maximum absolute atomic E-state index is 14.0. The summed E-state index contributed by atoms with van der Waals surface area (Å²) in [5, 5.41) is 16.8. The summed E-state index contributed by atoms with van der Waals surface area (Å²) in [5.41, 5.74) is 4.04. The topological polar surface area (TPSA) is 123 Å². The van der Waals surface area contributed by atoms with Crippen LogP contribution < -0.4 is 5.32 Å². The normalized spacial score (nSPS) is 18.1. The number of hydrogen-bond acceptors (Lipinski definition) is 6. The molecule has 0 saturated heterocycles. The maximum Gasteiger partial charge on any atom is 0.410 e. The predicted octanol–water partition coefficient (Wildman–Crippen LogP) is 5.71. The highest BCUT2D eigenvalue weighted by molar-refractivity contribution is 5.87. The zero-order chi connectivity index (χ0) is 30.0. The first kappa shape index (κ1) is 29.2. The van der Waals surface area contributed by atoms with E-state index in [1.807, 2.05) is 24.3 Å². The fourth-order valence-corrected chi connectivity index (χ4v) is 6.12. The second-order valence-electron chi connectivity index (χ2n) is 12.0. The van der Waals surface area contributed by atoms with Gasteiger partial charge in [0.15, 0.2) is 5.69 Å². The number of aromatic carboxylic acids is 1. The number of carbonyl (C=O) groups excluding carboxylic acids is 2. The standard InChI is InChI=1S/C32H38N4O6/c1-32(2,3)42-30(39)33-26-15-9-10-16-27(26)36(18-20-17-35(4)34-28(20)29(37)38)31(40)41-19-25-23-13-7-5-11-21(23)22-12-6-8-14-24(22)25/h5-8,11-14,17,25-27H,9-10,15-16,18-19H2,1-4H3,(H,33,39)(H,37,38)/t26-,27-/m1/s1. The van der Waals surface area contributed by atoms with Gasteiger partial charge in [-0.3, -0.25) is 9.58 Å². The molecule has 2 amide bonds. The molecule has 0 unspecified atom stereocenters. The van der Waals surface area contributed by atoms with E-state index in [4.69, 9.17) is 9.47 Å². The monoisotopic (exact) mass is 574 g/mol. The van der Waals surface area contributed by atoms with E-state index in [1.54, 1.807) is 38.9 Å². The Morgan fingerprint density at radius 1 is 1.02 bits per heavy atom. The van der Waals surface area contributed by atoms with Gasteiger partial charge in [-0.05, 0) is 55.9 Å². The molecule has 222 valence electrons. The molecule has 2 aromatic carbocycles. The fraction of sp³-hybridized carbons (Fsp3) is 0.438. The van der Waals surface area contributed by atoms with E-state index in [9.17, 15) is 19.5 Å². The molecule has 1 heterocycles. The SMILES string of the molecule is Cn1cc(CN(C(=O)OCC2c3ccccc3-c3ccccc32)[C@@H]2CCCC[C@H]2NC(=O)OC(C)(C)C)c(C(=O)O)n1. The highest BCUT2D eigenvalue weighted by Crippen LogP contribution is 2.44. The van der Waals surface area contributed by atoms with Crippen LogP contribution in [0.3, 0.4) is 0 Å². The molecule has 0 spiro atoms. The summed E-state index contributed by atoms with van der Waals surface area (Å²) in [6, 6.07) is 15.4. The van der Waals surface area contributed by atoms with Crippen LogP contribution in [0, 0.1) is 0 Å². The van der Waals surface area contributed by atoms with Crippen molar-refractivity contribution in [3.05, 3.63) is 77.1 Å². The average Bonchev–Trinajstić information content (AvgIpc) is 3.47. The number of rotatable bonds is 7. The van der Waals surface area contributed by atoms with Gasteiger partial charge in [0.05, 0.1) is 18.6 Å². The molecule has 10 heteroatoms. The smallest absolute Gasteiger partial charge is 0.410 e. The van der Waals surface area contributed by atoms with Gasteiger partial charge in [-0.2, -0.15) is 5.10 Å². The molecule has 0 radical (unpaired) electrons. The van der Waals surface area contributed by atoms with Crippen LogP contribution in [0.25, 0.3) is 11.1 Å². The van der Waals surface area contributed by atoms with Crippen LogP contribution in [0.15, 0.2) is 54.7 Å². The van der Waals surface area contributed by atoms with E-state index in [1.165, 1.54) is 4.68 Å². The second-order valence-corrected chi connectivity index (χ2v) is 12.0. The number of fused-ring (bicyclic) bond motifs is 3. The Kier molecular flexibility index (Phi) is 8.24. The summed E-state index contributed by atoms with van der Waals surface area (Å²) < 4.78 is 13.0. The van der Waals surface area contributed by atoms with Gasteiger partial charge < -0.3 is 19.9 Å². The number of carboxylic acid groups (broad SMARTS) is 1. The molecule has 5 rings (SSSR count). The number of amides is 2. The third kappa shape index (κ3) is 6.27. The van der Waals surface area contributed by atoms with Crippen molar-refractivity contribution < 1.29 is 29.0 Å². The summed E-state index contributed by atoms with van der Waals surface area (Å²) in [6.07, 6.45) is 3.47. The van der Waals surface area contributed by atoms with Crippen LogP contribution in [0.2, 0.25) is 0 Å². The van der Waals surface area contributed by atoms with Gasteiger partial charge in [0.25, 0.3) is 0 Å². The van der Waals surface area contributed by atoms with E-state index >= 15 is 0 Å². The number of carboxylic acids is 1. The van der Waals surface area contributed by atoms with Gasteiger partial charge >= 0.3 is 18.2 Å². The van der Waals surface area contributed by atoms with E-state index in [0.717, 1.165) is 35.1 Å². The largest absolute Gasteiger partial charge is 0.476 e. The predicted molar refractivity (Wildman–Crippen MR) is 156 cm³/mol. The number of nitrogens with one attached hydrogen (secondary N) is 1. The van der Waals surface area contributed by atoms with Gasteiger partial charge in [0.2, 0.25) is 0 Å². The minimum atomic E-state index is -1.18. The lowest BCUT2D eigenvalue weighted by molar-refractivity contribution is 0.0367. The van der Waals surface area contributed by atoms with E-state index < -0.39 is 29.8 Å². The lowest BCUT2D eigenvalue weighted by Gasteiger charge is -2.39. The number of ether oxygens (including phenoxy) is 2. The Bertz CT molecular complexity index is 1430. The summed E-state index contributed by atoms with van der Waals surface area (Å²) in [4.78, 5) is 40.2. The van der Waals surface area contributed by atoms with E-state index in [2.05, 4.69) is 34.7 Å². The minimum Gasteiger partial charge on any atom is -0.476 e. The Morgan fingerprint density at radius 3 is 2.26 bits per heavy atom. The van der Waals surface area contributed by atoms with E-state index in [-0.39, 0.29) is 30.8 Å². The Balaban J connectivity index is 1.42. The molecule has 1 fully saturated rings. The van der Waals surface area contributed by atoms with Crippen LogP contribution in [-0.2, 0) is 23.1 Å². The molecular formula is C32H38N4O6. The van der Waals surface area contributed by atoms with Gasteiger partial charge in [0, 0.05) is 24.7 Å². The number of carbonyl (C=O) groups is 3. The van der Waals surface area contributed by atoms with Crippen molar-refractivity contribution in [1.82, 2.24) is 20.0 Å². The Labute approximate surface area is 245 Å². The first-order valence-corrected chi connectivity index (χ1v) is 14.4. The van der Waals surface area contributed by atoms with Crippen LogP contribution in [0.1, 0.15) is 79.6 Å². The highest BCUT2D eigenvalue weighted by atomic mass is 16.6. The van der Waals surface area contributed by atoms with Gasteiger partial charge in [-0.1, -0.05) is 61.4 Å². The summed E-state index contributed by atoms with van der Waals surface area (Å²) in [6.45, 7) is 5.49. The van der Waals surface area contributed by atoms with Crippen molar-refractivity contribution in [2.24, 2.45) is 7.05 Å². The first-order valence-electron chi connectivity index (χ1n) is 14.4. The lowest BCUT2D eigenvalue weighted by atomic mass is 9.89. The van der Waals surface area contributed by atoms with Crippen LogP contribution in [0.5, 0.6) is 0 Å². The maximum atomic E-state index is 14.0. The van der Waals surface area contributed by atoms with Crippen LogP contribution in [0.4, 0.5) is 9.59 Å². The van der Waals surface area contributed by atoms with Gasteiger partial charge in [-0.15, -0.1) is 0 Å². The van der Waals surface area contributed by atoms with Crippen molar-refractivity contribution >= 4 is 18.2 Å². The molecule has 2 atom stereocenters. The average molecular weight is 575 g/mol. The lowest BCUT2D eigenvalue weighted by Crippen LogP contribution is -2.55. The number of nitrogens with zero attached hydrogens (tertiary/aromatic N) is 3. The highest BCUT2D eigenvalue weighted by Gasteiger charge is 2.38. The summed E-state index contributed by atoms with van der Waals surface area (Å²) in [5.74, 6) is -1.30. The fourth-order valence-electron chi connectivity index (χ4n) is 6.12. The van der Waals surface area contributed by atoms with Crippen molar-refractivity contribution in [3.8, 4) is 11.1 Å². The quantitative estimate of drug-likeness (QED) is 0.371. The Morgan fingerprint density at radius 2 is 1.64 bits per heavy atom. The summed E-state index contributed by atoms with van der Waals surface area (Å²) in [7, 11) is 1.64. The minimum absolute atomic E-state index is 0.0245. The number of aryl methyl sites for hydroxylation is 1. The molecule has 2 N–H and O–H groups in total. The first-order chi connectivity index (χ1) is 20.0. The molecule has 0 bridgehead atoms. The molecule has 1 aromatic heterocycles. The molecular weight excluding hydrogens is 536 g/mol. The molecule has 3 aromatic rings. The number of benzene rings is 2. The number of aromatic nitrogens is 2. The molecule has 0 aliphatic heterocycles. The Hall–Kier alpha value is -4.34. The van der Waals surface area contributed by atoms with Crippen molar-refractivity contribution in [3.63, 3.8) is 0 Å². The zero-order valence-electron chi connectivity index (χ0n) is 24.5. The zero-order valence-corrected chi connectivity index (χ0v) is 24.5. The van der Waals surface area contributed by atoms with Crippen molar-refractivity contribution in [1.29, 1.82) is 0 Å². The molecule has 2 aliphatic rings. The second kappa shape index (κ2) is 11.9. The van der Waals surface area contributed by atoms with E-state index in [0.29, 0.717) is 18.4 Å². The van der Waals surface area contributed by atoms with Crippen molar-refractivity contribution in [2.45, 2.75) is 76.6 Å². The third-order valence-corrected chi connectivity index (χ3v) is 7.85. The molecule has 10 nitrogen and oxygen atoms in total. The van der Waals surface area contributed by atoms with Gasteiger partial charge in [0.1, 0.15) is 12.2 Å². The molecule has 1 saturated carbocycles. The molecule has 2 aliphatic carbocycles. The number of hydrogen-bond donors (Lipinski definition) is 2. The number of alkyl carbamates (subject to hydrolysis) is 1. The molecule has 42 heavy (non-hydrogen) atoms. The summed E-state index contributed by atoms with van der Waals surface area (Å²) >= 11 is 0. The third-order valence-electron chi connectivity index (χ3n) is 7.85. The van der Waals surface area contributed by atoms with Crippen LogP contribution >= 0.6 is 0 Å². The van der Waals surface area contributed by atoms with Crippen LogP contribution in [-0.4, -0.2) is 62.2 Å².